The van der Waals surface area contributed by atoms with Gasteiger partial charge in [0.2, 0.25) is 11.1 Å². The Morgan fingerprint density at radius 3 is 2.96 bits per heavy atom. The highest BCUT2D eigenvalue weighted by molar-refractivity contribution is 9.10. The van der Waals surface area contributed by atoms with Crippen molar-refractivity contribution in [3.63, 3.8) is 0 Å². The Balaban J connectivity index is 1.36. The van der Waals surface area contributed by atoms with Gasteiger partial charge in [-0.1, -0.05) is 64.1 Å². The fourth-order valence-corrected chi connectivity index (χ4v) is 4.02. The van der Waals surface area contributed by atoms with Crippen molar-refractivity contribution in [2.24, 2.45) is 0 Å². The van der Waals surface area contributed by atoms with Crippen LogP contribution in [-0.2, 0) is 4.79 Å². The molecule has 0 fully saturated rings. The average molecular weight is 445 g/mol. The number of nitrogens with one attached hydrogen (secondary N) is 2. The molecule has 0 radical (unpaired) electrons. The maximum atomic E-state index is 12.4. The van der Waals surface area contributed by atoms with Gasteiger partial charge in [0.05, 0.1) is 18.4 Å². The predicted octanol–water partition coefficient (Wildman–Crippen LogP) is 3.97. The van der Waals surface area contributed by atoms with Crippen LogP contribution >= 0.6 is 27.7 Å². The molecule has 138 valence electrons. The molecule has 1 atom stereocenters. The van der Waals surface area contributed by atoms with Crippen molar-refractivity contribution in [1.82, 2.24) is 20.5 Å². The number of carbonyl (C=O) groups excluding carboxylic acids is 1. The van der Waals surface area contributed by atoms with Crippen LogP contribution < -0.4 is 10.1 Å². The van der Waals surface area contributed by atoms with Crippen LogP contribution in [0.5, 0.6) is 5.75 Å². The summed E-state index contributed by atoms with van der Waals surface area (Å²) in [7, 11) is 0. The predicted molar refractivity (Wildman–Crippen MR) is 108 cm³/mol. The van der Waals surface area contributed by atoms with Gasteiger partial charge in [0, 0.05) is 22.0 Å². The number of amides is 1. The van der Waals surface area contributed by atoms with E-state index in [0.717, 1.165) is 27.8 Å². The first-order valence-electron chi connectivity index (χ1n) is 8.52. The second-order valence-electron chi connectivity index (χ2n) is 6.03. The largest absolute Gasteiger partial charge is 0.493 e. The van der Waals surface area contributed by atoms with Crippen molar-refractivity contribution < 1.29 is 9.53 Å². The lowest BCUT2D eigenvalue weighted by Gasteiger charge is -2.26. The highest BCUT2D eigenvalue weighted by Crippen LogP contribution is 2.31. The van der Waals surface area contributed by atoms with Crippen molar-refractivity contribution in [3.8, 4) is 17.1 Å². The maximum Gasteiger partial charge on any atom is 0.230 e. The Kier molecular flexibility index (Phi) is 5.45. The van der Waals surface area contributed by atoms with Gasteiger partial charge in [-0.25, -0.2) is 4.98 Å². The lowest BCUT2D eigenvalue weighted by atomic mass is 10.0. The summed E-state index contributed by atoms with van der Waals surface area (Å²) in [6.07, 6.45) is 0.764. The molecule has 2 heterocycles. The first-order chi connectivity index (χ1) is 13.2. The van der Waals surface area contributed by atoms with E-state index in [-0.39, 0.29) is 17.7 Å². The molecule has 0 saturated carbocycles. The number of hydrogen-bond acceptors (Lipinski definition) is 5. The SMILES string of the molecule is O=C(CSc1n[nH]c(-c2ccccc2Br)n1)NC1CCOc2ccccc21. The van der Waals surface area contributed by atoms with Crippen LogP contribution in [0.1, 0.15) is 18.0 Å². The van der Waals surface area contributed by atoms with Crippen LogP contribution in [-0.4, -0.2) is 33.4 Å². The molecule has 4 rings (SSSR count). The molecule has 0 bridgehead atoms. The molecule has 0 spiro atoms. The van der Waals surface area contributed by atoms with Gasteiger partial charge in [0.1, 0.15) is 5.75 Å². The molecule has 0 aliphatic carbocycles. The van der Waals surface area contributed by atoms with Gasteiger partial charge >= 0.3 is 0 Å². The second kappa shape index (κ2) is 8.14. The summed E-state index contributed by atoms with van der Waals surface area (Å²) in [4.78, 5) is 16.8. The van der Waals surface area contributed by atoms with Gasteiger partial charge in [-0.2, -0.15) is 0 Å². The van der Waals surface area contributed by atoms with E-state index in [2.05, 4.69) is 36.4 Å². The lowest BCUT2D eigenvalue weighted by Crippen LogP contribution is -2.33. The Morgan fingerprint density at radius 1 is 1.26 bits per heavy atom. The van der Waals surface area contributed by atoms with Gasteiger partial charge in [0.15, 0.2) is 5.82 Å². The van der Waals surface area contributed by atoms with E-state index in [0.29, 0.717) is 17.6 Å². The average Bonchev–Trinajstić information content (AvgIpc) is 3.16. The fourth-order valence-electron chi connectivity index (χ4n) is 2.94. The second-order valence-corrected chi connectivity index (χ2v) is 7.83. The third-order valence-corrected chi connectivity index (χ3v) is 5.76. The summed E-state index contributed by atoms with van der Waals surface area (Å²) in [6.45, 7) is 0.603. The summed E-state index contributed by atoms with van der Waals surface area (Å²) >= 11 is 4.81. The fraction of sp³-hybridized carbons (Fsp3) is 0.211. The minimum atomic E-state index is -0.0473. The van der Waals surface area contributed by atoms with Gasteiger partial charge in [-0.15, -0.1) is 5.10 Å². The number of nitrogens with zero attached hydrogens (tertiary/aromatic N) is 2. The summed E-state index contributed by atoms with van der Waals surface area (Å²) in [6, 6.07) is 15.6. The van der Waals surface area contributed by atoms with Crippen molar-refractivity contribution in [1.29, 1.82) is 0 Å². The van der Waals surface area contributed by atoms with E-state index in [1.54, 1.807) is 0 Å². The van der Waals surface area contributed by atoms with Crippen LogP contribution in [0.15, 0.2) is 58.2 Å². The van der Waals surface area contributed by atoms with Gasteiger partial charge in [-0.3, -0.25) is 9.89 Å². The van der Waals surface area contributed by atoms with Crippen LogP contribution in [0.3, 0.4) is 0 Å². The highest BCUT2D eigenvalue weighted by atomic mass is 79.9. The molecule has 2 aromatic carbocycles. The molecule has 27 heavy (non-hydrogen) atoms. The molecule has 1 aliphatic rings. The van der Waals surface area contributed by atoms with Crippen molar-refractivity contribution in [2.75, 3.05) is 12.4 Å². The number of carbonyl (C=O) groups is 1. The van der Waals surface area contributed by atoms with Crippen molar-refractivity contribution in [3.05, 3.63) is 58.6 Å². The molecular weight excluding hydrogens is 428 g/mol. The third-order valence-electron chi connectivity index (χ3n) is 4.22. The molecule has 1 unspecified atom stereocenters. The van der Waals surface area contributed by atoms with E-state index in [9.17, 15) is 4.79 Å². The zero-order valence-electron chi connectivity index (χ0n) is 14.3. The normalized spacial score (nSPS) is 15.7. The van der Waals surface area contributed by atoms with Crippen molar-refractivity contribution >= 4 is 33.6 Å². The maximum absolute atomic E-state index is 12.4. The first kappa shape index (κ1) is 18.1. The Bertz CT molecular complexity index is 962. The van der Waals surface area contributed by atoms with E-state index in [1.165, 1.54) is 11.8 Å². The van der Waals surface area contributed by atoms with Gasteiger partial charge < -0.3 is 10.1 Å². The van der Waals surface area contributed by atoms with Crippen LogP contribution in [0.25, 0.3) is 11.4 Å². The van der Waals surface area contributed by atoms with Crippen molar-refractivity contribution in [2.45, 2.75) is 17.6 Å². The number of benzene rings is 2. The summed E-state index contributed by atoms with van der Waals surface area (Å²) in [5.41, 5.74) is 1.95. The van der Waals surface area contributed by atoms with Gasteiger partial charge in [-0.05, 0) is 12.1 Å². The molecule has 1 aromatic heterocycles. The third kappa shape index (κ3) is 4.17. The monoisotopic (exact) mass is 444 g/mol. The molecule has 2 N–H and O–H groups in total. The highest BCUT2D eigenvalue weighted by Gasteiger charge is 2.22. The van der Waals surface area contributed by atoms with E-state index < -0.39 is 0 Å². The summed E-state index contributed by atoms with van der Waals surface area (Å²) in [5.74, 6) is 1.72. The molecule has 3 aromatic rings. The minimum Gasteiger partial charge on any atom is -0.493 e. The first-order valence-corrected chi connectivity index (χ1v) is 10.3. The number of ether oxygens (including phenoxy) is 1. The lowest BCUT2D eigenvalue weighted by molar-refractivity contribution is -0.119. The number of fused-ring (bicyclic) bond motifs is 1. The molecule has 8 heteroatoms. The zero-order chi connectivity index (χ0) is 18.6. The molecular formula is C19H17BrN4O2S. The Labute approximate surface area is 169 Å². The standard InChI is InChI=1S/C19H17BrN4O2S/c20-14-7-3-1-5-12(14)18-22-19(24-23-18)27-11-17(25)21-15-9-10-26-16-8-4-2-6-13(15)16/h1-8,15H,9-11H2,(H,21,25)(H,22,23,24). The smallest absolute Gasteiger partial charge is 0.230 e. The van der Waals surface area contributed by atoms with Crippen LogP contribution in [0, 0.1) is 0 Å². The molecule has 1 aliphatic heterocycles. The number of halogens is 1. The van der Waals surface area contributed by atoms with E-state index in [1.807, 2.05) is 48.5 Å². The number of rotatable bonds is 5. The number of para-hydroxylation sites is 1. The minimum absolute atomic E-state index is 0.0222. The Morgan fingerprint density at radius 2 is 2.07 bits per heavy atom. The number of hydrogen-bond donors (Lipinski definition) is 2. The summed E-state index contributed by atoms with van der Waals surface area (Å²) < 4.78 is 6.57. The molecule has 0 saturated heterocycles. The quantitative estimate of drug-likeness (QED) is 0.581. The summed E-state index contributed by atoms with van der Waals surface area (Å²) in [5, 5.41) is 10.7. The topological polar surface area (TPSA) is 79.9 Å². The van der Waals surface area contributed by atoms with E-state index >= 15 is 0 Å². The van der Waals surface area contributed by atoms with Crippen LogP contribution in [0.4, 0.5) is 0 Å². The number of H-pyrrole nitrogens is 1. The number of aromatic amines is 1. The van der Waals surface area contributed by atoms with Gasteiger partial charge in [0.25, 0.3) is 0 Å². The number of thioether (sulfide) groups is 1. The molecule has 1 amide bonds. The van der Waals surface area contributed by atoms with E-state index in [4.69, 9.17) is 4.74 Å². The number of aromatic nitrogens is 3. The van der Waals surface area contributed by atoms with Crippen LogP contribution in [0.2, 0.25) is 0 Å². The zero-order valence-corrected chi connectivity index (χ0v) is 16.7. The molecule has 6 nitrogen and oxygen atoms in total. The Hall–Kier alpha value is -2.32.